The number of nitrogens with zero attached hydrogens (tertiary/aromatic N) is 2. The smallest absolute Gasteiger partial charge is 0.241 e. The molecule has 1 saturated heterocycles. The molecule has 0 radical (unpaired) electrons. The van der Waals surface area contributed by atoms with Gasteiger partial charge in [0, 0.05) is 13.6 Å². The van der Waals surface area contributed by atoms with Crippen LogP contribution in [0.15, 0.2) is 18.2 Å². The van der Waals surface area contributed by atoms with Crippen LogP contribution in [0.1, 0.15) is 6.42 Å². The number of rotatable bonds is 2. The van der Waals surface area contributed by atoms with E-state index >= 15 is 0 Å². The third kappa shape index (κ3) is 1.76. The molecule has 1 fully saturated rings. The highest BCUT2D eigenvalue weighted by molar-refractivity contribution is 5.85. The van der Waals surface area contributed by atoms with E-state index < -0.39 is 0 Å². The average molecular weight is 235 g/mol. The lowest BCUT2D eigenvalue weighted by molar-refractivity contribution is 0.215. The summed E-state index contributed by atoms with van der Waals surface area (Å²) in [6, 6.07) is 4.95. The van der Waals surface area contributed by atoms with Crippen molar-refractivity contribution < 1.29 is 9.13 Å². The summed E-state index contributed by atoms with van der Waals surface area (Å²) in [6.07, 6.45) is 1.10. The van der Waals surface area contributed by atoms with Gasteiger partial charge in [0.1, 0.15) is 17.4 Å². The van der Waals surface area contributed by atoms with Crippen molar-refractivity contribution in [2.45, 2.75) is 12.5 Å². The third-order valence-corrected chi connectivity index (χ3v) is 3.08. The summed E-state index contributed by atoms with van der Waals surface area (Å²) in [5.74, 6) is 0.257. The van der Waals surface area contributed by atoms with Crippen LogP contribution in [0.2, 0.25) is 0 Å². The second kappa shape index (κ2) is 4.00. The summed E-state index contributed by atoms with van der Waals surface area (Å²) < 4.78 is 21.0. The van der Waals surface area contributed by atoms with E-state index in [1.807, 2.05) is 6.07 Å². The van der Waals surface area contributed by atoms with Gasteiger partial charge in [0.2, 0.25) is 5.88 Å². The van der Waals surface area contributed by atoms with Crippen LogP contribution in [0.5, 0.6) is 5.88 Å². The summed E-state index contributed by atoms with van der Waals surface area (Å²) >= 11 is 0. The van der Waals surface area contributed by atoms with E-state index in [1.54, 1.807) is 13.1 Å². The first-order valence-corrected chi connectivity index (χ1v) is 5.74. The van der Waals surface area contributed by atoms with Gasteiger partial charge in [-0.3, -0.25) is 4.68 Å². The number of aryl methyl sites for hydroxylation is 1. The molecule has 1 unspecified atom stereocenters. The maximum atomic E-state index is 13.6. The minimum absolute atomic E-state index is 0.136. The summed E-state index contributed by atoms with van der Waals surface area (Å²) in [7, 11) is 1.73. The molecule has 0 bridgehead atoms. The molecule has 17 heavy (non-hydrogen) atoms. The molecule has 1 atom stereocenters. The van der Waals surface area contributed by atoms with Gasteiger partial charge >= 0.3 is 0 Å². The zero-order chi connectivity index (χ0) is 11.8. The van der Waals surface area contributed by atoms with Crippen LogP contribution in [-0.2, 0) is 7.05 Å². The highest BCUT2D eigenvalue weighted by atomic mass is 19.1. The monoisotopic (exact) mass is 235 g/mol. The Hall–Kier alpha value is -1.62. The lowest BCUT2D eigenvalue weighted by Crippen LogP contribution is -2.19. The summed E-state index contributed by atoms with van der Waals surface area (Å²) in [5, 5.41) is 8.20. The molecule has 5 heteroatoms. The maximum Gasteiger partial charge on any atom is 0.241 e. The number of ether oxygens (including phenoxy) is 1. The SMILES string of the molecule is Cn1nc(OC2CCNC2)c2cccc(F)c21. The number of halogens is 1. The molecule has 0 spiro atoms. The molecular weight excluding hydrogens is 221 g/mol. The number of fused-ring (bicyclic) bond motifs is 1. The first-order chi connectivity index (χ1) is 8.25. The van der Waals surface area contributed by atoms with Gasteiger partial charge in [0.05, 0.1) is 5.39 Å². The first-order valence-electron chi connectivity index (χ1n) is 5.74. The number of hydrogen-bond donors (Lipinski definition) is 1. The molecule has 2 heterocycles. The van der Waals surface area contributed by atoms with Crippen LogP contribution in [-0.4, -0.2) is 29.0 Å². The minimum atomic E-state index is -0.267. The van der Waals surface area contributed by atoms with Crippen molar-refractivity contribution in [2.75, 3.05) is 13.1 Å². The minimum Gasteiger partial charge on any atom is -0.471 e. The molecular formula is C12H14FN3O. The predicted octanol–water partition coefficient (Wildman–Crippen LogP) is 1.45. The Morgan fingerprint density at radius 1 is 1.53 bits per heavy atom. The van der Waals surface area contributed by atoms with Gasteiger partial charge in [0.15, 0.2) is 0 Å². The van der Waals surface area contributed by atoms with Gasteiger partial charge in [-0.05, 0) is 25.1 Å². The number of aromatic nitrogens is 2. The molecule has 0 amide bonds. The lowest BCUT2D eigenvalue weighted by atomic mass is 10.2. The highest BCUT2D eigenvalue weighted by Crippen LogP contribution is 2.27. The van der Waals surface area contributed by atoms with Crippen LogP contribution in [0.3, 0.4) is 0 Å². The maximum absolute atomic E-state index is 13.6. The van der Waals surface area contributed by atoms with Gasteiger partial charge in [-0.25, -0.2) is 4.39 Å². The molecule has 1 aromatic carbocycles. The van der Waals surface area contributed by atoms with E-state index in [0.717, 1.165) is 24.9 Å². The molecule has 2 aromatic rings. The standard InChI is InChI=1S/C12H14FN3O/c1-16-11-9(3-2-4-10(11)13)12(15-16)17-8-5-6-14-7-8/h2-4,8,14H,5-7H2,1H3. The van der Waals surface area contributed by atoms with Gasteiger partial charge in [-0.15, -0.1) is 5.10 Å². The zero-order valence-corrected chi connectivity index (χ0v) is 9.61. The molecule has 1 aliphatic heterocycles. The van der Waals surface area contributed by atoms with Gasteiger partial charge < -0.3 is 10.1 Å². The topological polar surface area (TPSA) is 39.1 Å². The first kappa shape index (κ1) is 10.5. The van der Waals surface area contributed by atoms with E-state index in [4.69, 9.17) is 4.74 Å². The normalized spacial score (nSPS) is 20.0. The summed E-state index contributed by atoms with van der Waals surface area (Å²) in [6.45, 7) is 1.79. The van der Waals surface area contributed by atoms with Crippen molar-refractivity contribution in [3.63, 3.8) is 0 Å². The molecule has 0 saturated carbocycles. The second-order valence-electron chi connectivity index (χ2n) is 4.30. The van der Waals surface area contributed by atoms with Crippen LogP contribution >= 0.6 is 0 Å². The van der Waals surface area contributed by atoms with E-state index in [0.29, 0.717) is 11.4 Å². The van der Waals surface area contributed by atoms with Crippen LogP contribution < -0.4 is 10.1 Å². The fraction of sp³-hybridized carbons (Fsp3) is 0.417. The Morgan fingerprint density at radius 2 is 2.41 bits per heavy atom. The fourth-order valence-corrected chi connectivity index (χ4v) is 2.23. The van der Waals surface area contributed by atoms with Crippen LogP contribution in [0, 0.1) is 5.82 Å². The van der Waals surface area contributed by atoms with Crippen molar-refractivity contribution in [2.24, 2.45) is 7.05 Å². The number of benzene rings is 1. The van der Waals surface area contributed by atoms with E-state index in [9.17, 15) is 4.39 Å². The number of nitrogens with one attached hydrogen (secondary N) is 1. The molecule has 1 N–H and O–H groups in total. The van der Waals surface area contributed by atoms with Crippen molar-refractivity contribution in [3.8, 4) is 5.88 Å². The molecule has 1 aromatic heterocycles. The van der Waals surface area contributed by atoms with Crippen LogP contribution in [0.4, 0.5) is 4.39 Å². The average Bonchev–Trinajstić information content (AvgIpc) is 2.90. The van der Waals surface area contributed by atoms with E-state index in [-0.39, 0.29) is 11.9 Å². The molecule has 0 aliphatic carbocycles. The predicted molar refractivity (Wildman–Crippen MR) is 62.6 cm³/mol. The Balaban J connectivity index is 2.01. The lowest BCUT2D eigenvalue weighted by Gasteiger charge is -2.09. The van der Waals surface area contributed by atoms with E-state index in [2.05, 4.69) is 10.4 Å². The quantitative estimate of drug-likeness (QED) is 0.856. The van der Waals surface area contributed by atoms with Gasteiger partial charge in [0.25, 0.3) is 0 Å². The van der Waals surface area contributed by atoms with Gasteiger partial charge in [-0.1, -0.05) is 6.07 Å². The highest BCUT2D eigenvalue weighted by Gasteiger charge is 2.20. The Morgan fingerprint density at radius 3 is 3.18 bits per heavy atom. The second-order valence-corrected chi connectivity index (χ2v) is 4.30. The largest absolute Gasteiger partial charge is 0.471 e. The molecule has 1 aliphatic rings. The van der Waals surface area contributed by atoms with Crippen molar-refractivity contribution in [3.05, 3.63) is 24.0 Å². The molecule has 4 nitrogen and oxygen atoms in total. The third-order valence-electron chi connectivity index (χ3n) is 3.08. The molecule has 3 rings (SSSR count). The van der Waals surface area contributed by atoms with E-state index in [1.165, 1.54) is 10.7 Å². The Bertz CT molecular complexity index is 546. The molecule has 90 valence electrons. The fourth-order valence-electron chi connectivity index (χ4n) is 2.23. The van der Waals surface area contributed by atoms with Gasteiger partial charge in [-0.2, -0.15) is 0 Å². The van der Waals surface area contributed by atoms with Crippen molar-refractivity contribution >= 4 is 10.9 Å². The van der Waals surface area contributed by atoms with Crippen molar-refractivity contribution in [1.29, 1.82) is 0 Å². The van der Waals surface area contributed by atoms with Crippen molar-refractivity contribution in [1.82, 2.24) is 15.1 Å². The van der Waals surface area contributed by atoms with Crippen LogP contribution in [0.25, 0.3) is 10.9 Å². The zero-order valence-electron chi connectivity index (χ0n) is 9.61. The number of para-hydroxylation sites is 1. The Kier molecular flexibility index (Phi) is 2.48. The summed E-state index contributed by atoms with van der Waals surface area (Å²) in [5.41, 5.74) is 0.494. The Labute approximate surface area is 98.4 Å². The number of hydrogen-bond acceptors (Lipinski definition) is 3. The summed E-state index contributed by atoms with van der Waals surface area (Å²) in [4.78, 5) is 0.